The highest BCUT2D eigenvalue weighted by Crippen LogP contribution is 2.63. The minimum Gasteiger partial charge on any atom is -0.469 e. The third-order valence-corrected chi connectivity index (χ3v) is 7.54. The minimum atomic E-state index is -0.483. The average Bonchev–Trinajstić information content (AvgIpc) is 2.60. The van der Waals surface area contributed by atoms with E-state index in [2.05, 4.69) is 33.8 Å². The van der Waals surface area contributed by atoms with E-state index in [4.69, 9.17) is 4.74 Å². The number of ether oxygens (including phenoxy) is 1. The first-order valence-electron chi connectivity index (χ1n) is 9.75. The van der Waals surface area contributed by atoms with E-state index in [1.54, 1.807) is 0 Å². The largest absolute Gasteiger partial charge is 0.469 e. The van der Waals surface area contributed by atoms with Crippen molar-refractivity contribution in [2.24, 2.45) is 28.6 Å². The fraction of sp³-hybridized carbons (Fsp3) is 0.727. The molecule has 0 amide bonds. The first kappa shape index (κ1) is 18.4. The second-order valence-electron chi connectivity index (χ2n) is 9.09. The Bertz CT molecular complexity index is 642. The molecule has 0 heterocycles. The Morgan fingerprint density at radius 1 is 1.32 bits per heavy atom. The molecule has 0 saturated heterocycles. The van der Waals surface area contributed by atoms with E-state index in [1.807, 2.05) is 0 Å². The van der Waals surface area contributed by atoms with Crippen molar-refractivity contribution in [3.8, 4) is 0 Å². The van der Waals surface area contributed by atoms with E-state index in [0.717, 1.165) is 44.0 Å². The molecule has 1 fully saturated rings. The molecule has 3 rings (SSSR count). The van der Waals surface area contributed by atoms with Gasteiger partial charge in [0, 0.05) is 0 Å². The smallest absolute Gasteiger partial charge is 0.311 e. The Balaban J connectivity index is 2.11. The predicted octanol–water partition coefficient (Wildman–Crippen LogP) is 4.86. The lowest BCUT2D eigenvalue weighted by atomic mass is 9.46. The molecule has 3 nitrogen and oxygen atoms in total. The highest BCUT2D eigenvalue weighted by Gasteiger charge is 2.58. The Morgan fingerprint density at radius 3 is 2.64 bits per heavy atom. The molecule has 0 spiro atoms. The first-order chi connectivity index (χ1) is 11.8. The maximum atomic E-state index is 12.6. The van der Waals surface area contributed by atoms with E-state index >= 15 is 0 Å². The van der Waals surface area contributed by atoms with Crippen LogP contribution in [0.25, 0.3) is 0 Å². The maximum Gasteiger partial charge on any atom is 0.311 e. The number of hydrogen-bond donors (Lipinski definition) is 0. The second-order valence-corrected chi connectivity index (χ2v) is 9.09. The number of fused-ring (bicyclic) bond motifs is 3. The summed E-state index contributed by atoms with van der Waals surface area (Å²) >= 11 is 0. The fourth-order valence-corrected chi connectivity index (χ4v) is 6.02. The summed E-state index contributed by atoms with van der Waals surface area (Å²) in [4.78, 5) is 24.6. The number of carbonyl (C=O) groups is 2. The molecular formula is C22H32O3. The van der Waals surface area contributed by atoms with Gasteiger partial charge in [0.25, 0.3) is 0 Å². The number of hydrogen-bond acceptors (Lipinski definition) is 3. The minimum absolute atomic E-state index is 0.0715. The molecule has 0 radical (unpaired) electrons. The Morgan fingerprint density at radius 2 is 2.04 bits per heavy atom. The molecule has 1 saturated carbocycles. The number of methoxy groups -OCH3 is 1. The van der Waals surface area contributed by atoms with E-state index in [0.29, 0.717) is 18.3 Å². The van der Waals surface area contributed by atoms with Crippen molar-refractivity contribution < 1.29 is 14.3 Å². The summed E-state index contributed by atoms with van der Waals surface area (Å²) in [5, 5.41) is 0. The van der Waals surface area contributed by atoms with Crippen molar-refractivity contribution in [1.82, 2.24) is 0 Å². The molecule has 3 aliphatic rings. The van der Waals surface area contributed by atoms with Crippen molar-refractivity contribution in [2.45, 2.75) is 66.2 Å². The summed E-state index contributed by atoms with van der Waals surface area (Å²) in [6.45, 7) is 8.89. The van der Waals surface area contributed by atoms with Crippen LogP contribution in [0.15, 0.2) is 22.8 Å². The lowest BCUT2D eigenvalue weighted by molar-refractivity contribution is -0.166. The van der Waals surface area contributed by atoms with Crippen LogP contribution in [0.2, 0.25) is 0 Å². The normalized spacial score (nSPS) is 37.9. The molecule has 138 valence electrons. The highest BCUT2D eigenvalue weighted by molar-refractivity contribution is 5.80. The summed E-state index contributed by atoms with van der Waals surface area (Å²) in [5.41, 5.74) is 3.23. The zero-order valence-corrected chi connectivity index (χ0v) is 16.4. The molecule has 0 aromatic heterocycles. The van der Waals surface area contributed by atoms with Gasteiger partial charge in [-0.05, 0) is 73.3 Å². The summed E-state index contributed by atoms with van der Waals surface area (Å²) < 4.78 is 5.18. The van der Waals surface area contributed by atoms with Gasteiger partial charge >= 0.3 is 5.97 Å². The van der Waals surface area contributed by atoms with Gasteiger partial charge < -0.3 is 4.74 Å². The SMILES string of the molecule is COC(=O)[C@]1(C)CCC[C@@]2(C)[C@H]1CC(C=O)=C1C=C(C(C)C)CC[C@@H]12. The van der Waals surface area contributed by atoms with Crippen LogP contribution < -0.4 is 0 Å². The Labute approximate surface area is 151 Å². The van der Waals surface area contributed by atoms with E-state index in [9.17, 15) is 9.59 Å². The summed E-state index contributed by atoms with van der Waals surface area (Å²) in [6, 6.07) is 0. The lowest BCUT2D eigenvalue weighted by Gasteiger charge is -2.58. The van der Waals surface area contributed by atoms with Crippen LogP contribution in [0, 0.1) is 28.6 Å². The molecule has 0 aromatic rings. The third kappa shape index (κ3) is 2.71. The standard InChI is InChI=1S/C22H32O3/c1-14(2)15-7-8-18-17(11-15)16(13-23)12-19-21(18,3)9-6-10-22(19,4)20(24)25-5/h11,13-14,18-19H,6-10,12H2,1-5H3/t18-,19+,21+,22+/m0/s1. The van der Waals surface area contributed by atoms with Crippen LogP contribution in [0.5, 0.6) is 0 Å². The lowest BCUT2D eigenvalue weighted by Crippen LogP contribution is -2.54. The van der Waals surface area contributed by atoms with Crippen LogP contribution in [-0.4, -0.2) is 19.4 Å². The Hall–Kier alpha value is -1.38. The highest BCUT2D eigenvalue weighted by atomic mass is 16.5. The van der Waals surface area contributed by atoms with E-state index < -0.39 is 5.41 Å². The number of carbonyl (C=O) groups excluding carboxylic acids is 2. The summed E-state index contributed by atoms with van der Waals surface area (Å²) in [5.74, 6) is 0.993. The van der Waals surface area contributed by atoms with Gasteiger partial charge in [-0.15, -0.1) is 0 Å². The molecule has 0 bridgehead atoms. The molecule has 3 heteroatoms. The monoisotopic (exact) mass is 344 g/mol. The molecule has 0 unspecified atom stereocenters. The number of aldehydes is 1. The molecule has 0 N–H and O–H groups in total. The molecule has 0 aliphatic heterocycles. The fourth-order valence-electron chi connectivity index (χ4n) is 6.02. The van der Waals surface area contributed by atoms with Crippen LogP contribution in [0.1, 0.15) is 66.2 Å². The third-order valence-electron chi connectivity index (χ3n) is 7.54. The van der Waals surface area contributed by atoms with Gasteiger partial charge in [0.2, 0.25) is 0 Å². The van der Waals surface area contributed by atoms with Gasteiger partial charge in [0.15, 0.2) is 0 Å². The molecule has 3 aliphatic carbocycles. The number of allylic oxidation sites excluding steroid dienone is 4. The maximum absolute atomic E-state index is 12.6. The average molecular weight is 344 g/mol. The van der Waals surface area contributed by atoms with Crippen molar-refractivity contribution in [3.63, 3.8) is 0 Å². The van der Waals surface area contributed by atoms with Crippen molar-refractivity contribution >= 4 is 12.3 Å². The molecule has 0 aromatic carbocycles. The van der Waals surface area contributed by atoms with Crippen LogP contribution in [0.4, 0.5) is 0 Å². The van der Waals surface area contributed by atoms with Gasteiger partial charge in [-0.1, -0.05) is 38.8 Å². The molecule has 25 heavy (non-hydrogen) atoms. The number of esters is 1. The second kappa shape index (κ2) is 6.41. The zero-order valence-electron chi connectivity index (χ0n) is 16.4. The Kier molecular flexibility index (Phi) is 4.72. The number of rotatable bonds is 3. The van der Waals surface area contributed by atoms with Crippen molar-refractivity contribution in [3.05, 3.63) is 22.8 Å². The van der Waals surface area contributed by atoms with E-state index in [-0.39, 0.29) is 17.3 Å². The summed E-state index contributed by atoms with van der Waals surface area (Å²) in [7, 11) is 1.49. The van der Waals surface area contributed by atoms with Crippen molar-refractivity contribution in [2.75, 3.05) is 7.11 Å². The summed E-state index contributed by atoms with van der Waals surface area (Å²) in [6.07, 6.45) is 9.33. The molecular weight excluding hydrogens is 312 g/mol. The topological polar surface area (TPSA) is 43.4 Å². The van der Waals surface area contributed by atoms with Crippen LogP contribution in [0.3, 0.4) is 0 Å². The van der Waals surface area contributed by atoms with Gasteiger partial charge in [-0.3, -0.25) is 9.59 Å². The van der Waals surface area contributed by atoms with Gasteiger partial charge in [0.05, 0.1) is 12.5 Å². The first-order valence-corrected chi connectivity index (χ1v) is 9.75. The quantitative estimate of drug-likeness (QED) is 0.542. The van der Waals surface area contributed by atoms with E-state index in [1.165, 1.54) is 18.3 Å². The van der Waals surface area contributed by atoms with Crippen LogP contribution >= 0.6 is 0 Å². The predicted molar refractivity (Wildman–Crippen MR) is 98.9 cm³/mol. The van der Waals surface area contributed by atoms with Crippen molar-refractivity contribution in [1.29, 1.82) is 0 Å². The van der Waals surface area contributed by atoms with Gasteiger partial charge in [0.1, 0.15) is 6.29 Å². The van der Waals surface area contributed by atoms with Gasteiger partial charge in [-0.25, -0.2) is 0 Å². The van der Waals surface area contributed by atoms with Gasteiger partial charge in [-0.2, -0.15) is 0 Å². The molecule has 4 atom stereocenters. The van der Waals surface area contributed by atoms with Crippen LogP contribution in [-0.2, 0) is 14.3 Å². The zero-order chi connectivity index (χ0) is 18.4.